The third-order valence-electron chi connectivity index (χ3n) is 2.07. The maximum Gasteiger partial charge on any atom is 0.310 e. The van der Waals surface area contributed by atoms with Gasteiger partial charge in [-0.1, -0.05) is 24.8 Å². The molecule has 0 spiro atoms. The molecule has 0 heterocycles. The highest BCUT2D eigenvalue weighted by molar-refractivity contribution is 5.74. The minimum atomic E-state index is -0.197. The highest BCUT2D eigenvalue weighted by atomic mass is 16.5. The molecule has 0 aromatic rings. The molecule has 0 N–H and O–H groups in total. The molecule has 0 aromatic heterocycles. The molecule has 2 nitrogen and oxygen atoms in total. The lowest BCUT2D eigenvalue weighted by molar-refractivity contribution is -0.142. The summed E-state index contributed by atoms with van der Waals surface area (Å²) in [4.78, 5) is 11.2. The van der Waals surface area contributed by atoms with Crippen LogP contribution in [-0.2, 0) is 9.53 Å². The fourth-order valence-corrected chi connectivity index (χ4v) is 1.36. The van der Waals surface area contributed by atoms with E-state index in [0.29, 0.717) is 13.0 Å². The van der Waals surface area contributed by atoms with Gasteiger partial charge in [0.15, 0.2) is 0 Å². The molecule has 0 saturated heterocycles. The van der Waals surface area contributed by atoms with Gasteiger partial charge in [-0.25, -0.2) is 0 Å². The molecule has 1 aliphatic carbocycles. The number of ether oxygens (including phenoxy) is 1. The normalized spacial score (nSPS) is 14.8. The monoisotopic (exact) mass is 192 g/mol. The van der Waals surface area contributed by atoms with Gasteiger partial charge in [-0.2, -0.15) is 0 Å². The highest BCUT2D eigenvalue weighted by Gasteiger charge is 2.08. The molecule has 14 heavy (non-hydrogen) atoms. The van der Waals surface area contributed by atoms with E-state index in [-0.39, 0.29) is 5.97 Å². The van der Waals surface area contributed by atoms with Crippen molar-refractivity contribution in [2.45, 2.75) is 26.2 Å². The Morgan fingerprint density at radius 1 is 1.57 bits per heavy atom. The Hall–Kier alpha value is -1.31. The van der Waals surface area contributed by atoms with Crippen molar-refractivity contribution in [3.8, 4) is 0 Å². The third-order valence-corrected chi connectivity index (χ3v) is 2.07. The summed E-state index contributed by atoms with van der Waals surface area (Å²) in [5.41, 5.74) is 1.92. The van der Waals surface area contributed by atoms with Gasteiger partial charge in [0.25, 0.3) is 0 Å². The average Bonchev–Trinajstić information content (AvgIpc) is 2.19. The van der Waals surface area contributed by atoms with Gasteiger partial charge >= 0.3 is 5.97 Å². The lowest BCUT2D eigenvalue weighted by Crippen LogP contribution is -2.05. The molecule has 1 rings (SSSR count). The van der Waals surface area contributed by atoms with E-state index in [1.807, 2.05) is 6.08 Å². The van der Waals surface area contributed by atoms with Crippen LogP contribution in [0.1, 0.15) is 26.2 Å². The number of allylic oxidation sites excluding steroid dienone is 4. The maximum atomic E-state index is 11.2. The molecule has 76 valence electrons. The lowest BCUT2D eigenvalue weighted by Gasteiger charge is -2.09. The second-order valence-electron chi connectivity index (χ2n) is 3.22. The van der Waals surface area contributed by atoms with Crippen LogP contribution in [0.5, 0.6) is 0 Å². The summed E-state index contributed by atoms with van der Waals surface area (Å²) in [7, 11) is 0. The molecule has 0 amide bonds. The van der Waals surface area contributed by atoms with Gasteiger partial charge in [-0.15, -0.1) is 0 Å². The molecule has 1 aliphatic rings. The number of rotatable bonds is 4. The standard InChI is InChI=1S/C12H16O2/c1-3-14-12(13)9-10(2)11-7-5-4-6-8-11/h5,7-8H,2-4,6,9H2,1H3. The van der Waals surface area contributed by atoms with Crippen LogP contribution in [0.4, 0.5) is 0 Å². The van der Waals surface area contributed by atoms with Crippen LogP contribution in [0.25, 0.3) is 0 Å². The van der Waals surface area contributed by atoms with Gasteiger partial charge in [-0.05, 0) is 30.9 Å². The van der Waals surface area contributed by atoms with Crippen molar-refractivity contribution in [3.63, 3.8) is 0 Å². The first-order chi connectivity index (χ1) is 6.74. The molecule has 0 saturated carbocycles. The van der Waals surface area contributed by atoms with E-state index in [0.717, 1.165) is 24.0 Å². The first-order valence-electron chi connectivity index (χ1n) is 4.94. The zero-order chi connectivity index (χ0) is 10.4. The van der Waals surface area contributed by atoms with Crippen LogP contribution in [0.3, 0.4) is 0 Å². The summed E-state index contributed by atoms with van der Waals surface area (Å²) < 4.78 is 4.85. The molecule has 0 unspecified atom stereocenters. The minimum absolute atomic E-state index is 0.197. The number of carbonyl (C=O) groups excluding carboxylic acids is 1. The highest BCUT2D eigenvalue weighted by Crippen LogP contribution is 2.19. The molecule has 0 bridgehead atoms. The van der Waals surface area contributed by atoms with E-state index in [1.54, 1.807) is 6.92 Å². The van der Waals surface area contributed by atoms with Crippen LogP contribution in [0.2, 0.25) is 0 Å². The second kappa shape index (κ2) is 5.43. The van der Waals surface area contributed by atoms with Crippen molar-refractivity contribution in [1.82, 2.24) is 0 Å². The number of carbonyl (C=O) groups is 1. The Kier molecular flexibility index (Phi) is 4.17. The molecular weight excluding hydrogens is 176 g/mol. The van der Waals surface area contributed by atoms with Crippen molar-refractivity contribution in [1.29, 1.82) is 0 Å². The molecule has 0 fully saturated rings. The van der Waals surface area contributed by atoms with Crippen LogP contribution >= 0.6 is 0 Å². The van der Waals surface area contributed by atoms with Crippen LogP contribution < -0.4 is 0 Å². The molecule has 2 heteroatoms. The fraction of sp³-hybridized carbons (Fsp3) is 0.417. The van der Waals surface area contributed by atoms with Crippen molar-refractivity contribution >= 4 is 5.97 Å². The van der Waals surface area contributed by atoms with E-state index in [2.05, 4.69) is 18.7 Å². The van der Waals surface area contributed by atoms with Gasteiger partial charge in [0.05, 0.1) is 13.0 Å². The minimum Gasteiger partial charge on any atom is -0.466 e. The van der Waals surface area contributed by atoms with E-state index < -0.39 is 0 Å². The summed E-state index contributed by atoms with van der Waals surface area (Å²) in [6.07, 6.45) is 8.65. The Balaban J connectivity index is 2.45. The van der Waals surface area contributed by atoms with Crippen LogP contribution in [-0.4, -0.2) is 12.6 Å². The van der Waals surface area contributed by atoms with Crippen LogP contribution in [0, 0.1) is 0 Å². The number of hydrogen-bond acceptors (Lipinski definition) is 2. The summed E-state index contributed by atoms with van der Waals surface area (Å²) in [6, 6.07) is 0. The predicted molar refractivity (Wildman–Crippen MR) is 56.8 cm³/mol. The summed E-state index contributed by atoms with van der Waals surface area (Å²) in [6.45, 7) is 6.12. The Bertz CT molecular complexity index is 285. The second-order valence-corrected chi connectivity index (χ2v) is 3.22. The van der Waals surface area contributed by atoms with Crippen molar-refractivity contribution in [3.05, 3.63) is 36.0 Å². The largest absolute Gasteiger partial charge is 0.466 e. The maximum absolute atomic E-state index is 11.2. The van der Waals surface area contributed by atoms with Gasteiger partial charge in [0.2, 0.25) is 0 Å². The van der Waals surface area contributed by atoms with Crippen molar-refractivity contribution in [2.24, 2.45) is 0 Å². The van der Waals surface area contributed by atoms with E-state index in [4.69, 9.17) is 4.74 Å². The molecule has 0 aliphatic heterocycles. The molecule has 0 atom stereocenters. The Labute approximate surface area is 85.0 Å². The van der Waals surface area contributed by atoms with Crippen LogP contribution in [0.15, 0.2) is 36.0 Å². The molecular formula is C12H16O2. The van der Waals surface area contributed by atoms with E-state index in [9.17, 15) is 4.79 Å². The van der Waals surface area contributed by atoms with Gasteiger partial charge in [-0.3, -0.25) is 4.79 Å². The molecule has 0 aromatic carbocycles. The summed E-state index contributed by atoms with van der Waals surface area (Å²) >= 11 is 0. The van der Waals surface area contributed by atoms with E-state index >= 15 is 0 Å². The first kappa shape index (κ1) is 10.8. The average molecular weight is 192 g/mol. The zero-order valence-electron chi connectivity index (χ0n) is 8.58. The lowest BCUT2D eigenvalue weighted by atomic mass is 9.99. The first-order valence-corrected chi connectivity index (χ1v) is 4.94. The quantitative estimate of drug-likeness (QED) is 0.640. The van der Waals surface area contributed by atoms with E-state index in [1.165, 1.54) is 0 Å². The zero-order valence-corrected chi connectivity index (χ0v) is 8.58. The Morgan fingerprint density at radius 3 is 2.93 bits per heavy atom. The third kappa shape index (κ3) is 3.21. The predicted octanol–water partition coefficient (Wildman–Crippen LogP) is 2.77. The number of hydrogen-bond donors (Lipinski definition) is 0. The SMILES string of the molecule is C=C(CC(=O)OCC)C1=CCCC=C1. The fourth-order valence-electron chi connectivity index (χ4n) is 1.36. The molecule has 0 radical (unpaired) electrons. The number of esters is 1. The van der Waals surface area contributed by atoms with Gasteiger partial charge < -0.3 is 4.74 Å². The Morgan fingerprint density at radius 2 is 2.36 bits per heavy atom. The smallest absolute Gasteiger partial charge is 0.310 e. The summed E-state index contributed by atoms with van der Waals surface area (Å²) in [5.74, 6) is -0.197. The van der Waals surface area contributed by atoms with Gasteiger partial charge in [0, 0.05) is 0 Å². The summed E-state index contributed by atoms with van der Waals surface area (Å²) in [5, 5.41) is 0. The van der Waals surface area contributed by atoms with Crippen molar-refractivity contribution < 1.29 is 9.53 Å². The topological polar surface area (TPSA) is 26.3 Å². The van der Waals surface area contributed by atoms with Crippen molar-refractivity contribution in [2.75, 3.05) is 6.61 Å². The van der Waals surface area contributed by atoms with Gasteiger partial charge in [0.1, 0.15) is 0 Å².